The molecular weight excluding hydrogens is 548 g/mol. The van der Waals surface area contributed by atoms with Crippen molar-refractivity contribution in [1.82, 2.24) is 15.0 Å². The first kappa shape index (κ1) is 29.7. The molecule has 0 saturated carbocycles. The number of amides is 1. The number of sulfone groups is 1. The highest BCUT2D eigenvalue weighted by Gasteiger charge is 2.44. The zero-order valence-corrected chi connectivity index (χ0v) is 23.0. The van der Waals surface area contributed by atoms with Gasteiger partial charge in [0, 0.05) is 43.6 Å². The first-order valence-electron chi connectivity index (χ1n) is 12.8. The summed E-state index contributed by atoms with van der Waals surface area (Å²) in [6.45, 7) is 1.32. The van der Waals surface area contributed by atoms with E-state index in [1.54, 1.807) is 6.07 Å². The topological polar surface area (TPSA) is 137 Å². The summed E-state index contributed by atoms with van der Waals surface area (Å²) >= 11 is 0. The van der Waals surface area contributed by atoms with E-state index in [1.165, 1.54) is 31.5 Å². The smallest absolute Gasteiger partial charge is 0.264 e. The van der Waals surface area contributed by atoms with Crippen LogP contribution in [0.1, 0.15) is 38.2 Å². The molecule has 13 heteroatoms. The summed E-state index contributed by atoms with van der Waals surface area (Å²) in [6.07, 6.45) is 3.61. The number of fused-ring (bicyclic) bond motifs is 1. The number of ether oxygens (including phenoxy) is 1. The lowest BCUT2D eigenvalue weighted by molar-refractivity contribution is -0.201. The third-order valence-electron chi connectivity index (χ3n) is 7.19. The summed E-state index contributed by atoms with van der Waals surface area (Å²) < 4.78 is 59.5. The minimum absolute atomic E-state index is 0.0251. The molecule has 0 aliphatic carbocycles. The van der Waals surface area contributed by atoms with Crippen LogP contribution < -0.4 is 11.0 Å². The molecule has 0 radical (unpaired) electrons. The van der Waals surface area contributed by atoms with E-state index in [9.17, 15) is 22.4 Å². The molecule has 10 nitrogen and oxygen atoms in total. The van der Waals surface area contributed by atoms with E-state index in [4.69, 9.17) is 14.7 Å². The summed E-state index contributed by atoms with van der Waals surface area (Å²) in [6, 6.07) is 6.40. The first-order valence-corrected chi connectivity index (χ1v) is 14.7. The molecule has 1 saturated heterocycles. The number of aryl methyl sites for hydroxylation is 1. The van der Waals surface area contributed by atoms with Gasteiger partial charge in [-0.15, -0.1) is 0 Å². The second-order valence-corrected chi connectivity index (χ2v) is 12.4. The summed E-state index contributed by atoms with van der Waals surface area (Å²) in [4.78, 5) is 35.5. The van der Waals surface area contributed by atoms with Crippen molar-refractivity contribution in [1.29, 1.82) is 0 Å². The Labute approximate surface area is 229 Å². The lowest BCUT2D eigenvalue weighted by atomic mass is 10.00. The molecule has 1 amide bonds. The lowest BCUT2D eigenvalue weighted by Gasteiger charge is -2.28. The number of carbonyl (C=O) groups excluding carboxylic acids is 1. The summed E-state index contributed by atoms with van der Waals surface area (Å²) in [5.74, 6) is -2.44. The number of nitrogens with zero attached hydrogens (tertiary/aromatic N) is 2. The first-order chi connectivity index (χ1) is 18.9. The minimum atomic E-state index is -3.97. The molecule has 1 aliphatic heterocycles. The molecule has 2 heterocycles. The third kappa shape index (κ3) is 6.22. The van der Waals surface area contributed by atoms with Crippen LogP contribution in [0.2, 0.25) is 0 Å². The van der Waals surface area contributed by atoms with Crippen molar-refractivity contribution in [2.24, 2.45) is 0 Å². The minimum Gasteiger partial charge on any atom is -0.396 e. The van der Waals surface area contributed by atoms with Crippen LogP contribution in [0.4, 0.5) is 8.78 Å². The van der Waals surface area contributed by atoms with Crippen molar-refractivity contribution in [3.8, 4) is 11.1 Å². The Balaban J connectivity index is 1.57. The fraction of sp³-hybridized carbons (Fsp3) is 0.444. The molecule has 1 fully saturated rings. The SMILES string of the molecule is C[C@@](CCn1cnc2cc(-c3ccc(CCO)cc3F)c(F)cc2c1=O)(C(=O)NOC1CCCCO1)S(C)(=O)=O. The maximum absolute atomic E-state index is 15.1. The zero-order valence-electron chi connectivity index (χ0n) is 22.2. The molecule has 4 rings (SSSR count). The predicted molar refractivity (Wildman–Crippen MR) is 143 cm³/mol. The molecule has 0 spiro atoms. The summed E-state index contributed by atoms with van der Waals surface area (Å²) in [5.41, 5.74) is 2.08. The van der Waals surface area contributed by atoms with Crippen molar-refractivity contribution in [3.05, 3.63) is 64.2 Å². The molecule has 2 N–H and O–H groups in total. The molecule has 1 unspecified atom stereocenters. The van der Waals surface area contributed by atoms with Crippen LogP contribution in [-0.4, -0.2) is 59.5 Å². The lowest BCUT2D eigenvalue weighted by Crippen LogP contribution is -2.51. The number of nitrogens with one attached hydrogen (secondary N) is 1. The van der Waals surface area contributed by atoms with Crippen LogP contribution in [0.3, 0.4) is 0 Å². The Hall–Kier alpha value is -3.26. The van der Waals surface area contributed by atoms with Gasteiger partial charge >= 0.3 is 0 Å². The van der Waals surface area contributed by atoms with Gasteiger partial charge < -0.3 is 9.84 Å². The normalized spacial score (nSPS) is 17.5. The number of aromatic nitrogens is 2. The highest BCUT2D eigenvalue weighted by atomic mass is 32.2. The van der Waals surface area contributed by atoms with Crippen LogP contribution in [0.25, 0.3) is 22.0 Å². The highest BCUT2D eigenvalue weighted by molar-refractivity contribution is 7.92. The van der Waals surface area contributed by atoms with E-state index in [2.05, 4.69) is 10.5 Å². The number of hydrogen-bond acceptors (Lipinski definition) is 8. The van der Waals surface area contributed by atoms with Gasteiger partial charge in [-0.05, 0) is 56.4 Å². The Morgan fingerprint density at radius 3 is 2.62 bits per heavy atom. The quantitative estimate of drug-likeness (QED) is 0.350. The molecule has 40 heavy (non-hydrogen) atoms. The number of halogens is 2. The van der Waals surface area contributed by atoms with Crippen LogP contribution >= 0.6 is 0 Å². The molecule has 1 aromatic heterocycles. The van der Waals surface area contributed by atoms with E-state index < -0.39 is 44.0 Å². The fourth-order valence-electron chi connectivity index (χ4n) is 4.44. The van der Waals surface area contributed by atoms with Gasteiger partial charge in [0.05, 0.1) is 17.2 Å². The number of hydroxylamine groups is 1. The van der Waals surface area contributed by atoms with E-state index >= 15 is 4.39 Å². The average Bonchev–Trinajstić information content (AvgIpc) is 2.91. The molecule has 3 aromatic rings. The Morgan fingerprint density at radius 1 is 1.23 bits per heavy atom. The highest BCUT2D eigenvalue weighted by Crippen LogP contribution is 2.29. The van der Waals surface area contributed by atoms with Crippen molar-refractivity contribution >= 4 is 26.6 Å². The Kier molecular flexibility index (Phi) is 8.98. The second kappa shape index (κ2) is 12.1. The fourth-order valence-corrected chi connectivity index (χ4v) is 5.28. The Bertz CT molecular complexity index is 1570. The number of carbonyl (C=O) groups is 1. The number of aliphatic hydroxyl groups is 1. The monoisotopic (exact) mass is 579 g/mol. The van der Waals surface area contributed by atoms with Gasteiger partial charge in [-0.2, -0.15) is 0 Å². The van der Waals surface area contributed by atoms with Crippen molar-refractivity contribution < 1.29 is 36.7 Å². The molecule has 1 aliphatic rings. The van der Waals surface area contributed by atoms with E-state index in [0.717, 1.165) is 29.7 Å². The number of benzene rings is 2. The number of rotatable bonds is 10. The standard InChI is InChI=1S/C27H31F2N3O7S/c1-27(40(2,36)37,26(35)31-39-24-5-3-4-12-38-24)9-10-32-16-30-23-15-19(22(29)14-20(23)25(32)34)18-7-6-17(8-11-33)13-21(18)28/h6-7,13-16,24,33H,3-5,8-12H2,1-2H3,(H,31,35)/t24?,27-/m1/s1. The molecule has 216 valence electrons. The van der Waals surface area contributed by atoms with Gasteiger partial charge in [0.1, 0.15) is 11.6 Å². The van der Waals surface area contributed by atoms with Gasteiger partial charge in [0.2, 0.25) is 0 Å². The molecule has 0 bridgehead atoms. The summed E-state index contributed by atoms with van der Waals surface area (Å²) in [7, 11) is -3.97. The van der Waals surface area contributed by atoms with E-state index in [0.29, 0.717) is 18.6 Å². The van der Waals surface area contributed by atoms with E-state index in [1.807, 2.05) is 0 Å². The van der Waals surface area contributed by atoms with Gasteiger partial charge in [0.25, 0.3) is 11.5 Å². The average molecular weight is 580 g/mol. The largest absolute Gasteiger partial charge is 0.396 e. The summed E-state index contributed by atoms with van der Waals surface area (Å²) in [5, 5.41) is 8.96. The second-order valence-electron chi connectivity index (χ2n) is 9.98. The Morgan fingerprint density at radius 2 is 1.98 bits per heavy atom. The maximum Gasteiger partial charge on any atom is 0.264 e. The van der Waals surface area contributed by atoms with Gasteiger partial charge in [-0.3, -0.25) is 14.2 Å². The molecule has 2 atom stereocenters. The van der Waals surface area contributed by atoms with Crippen molar-refractivity contribution in [2.75, 3.05) is 19.5 Å². The molecule has 2 aromatic carbocycles. The van der Waals surface area contributed by atoms with Gasteiger partial charge in [-0.25, -0.2) is 32.5 Å². The van der Waals surface area contributed by atoms with Gasteiger partial charge in [0.15, 0.2) is 20.9 Å². The van der Waals surface area contributed by atoms with Crippen LogP contribution in [-0.2, 0) is 37.2 Å². The van der Waals surface area contributed by atoms with Crippen LogP contribution in [0.5, 0.6) is 0 Å². The molecular formula is C27H31F2N3O7S. The van der Waals surface area contributed by atoms with Crippen molar-refractivity contribution in [3.63, 3.8) is 0 Å². The van der Waals surface area contributed by atoms with Crippen LogP contribution in [0, 0.1) is 11.6 Å². The third-order valence-corrected chi connectivity index (χ3v) is 9.21. The predicted octanol–water partition coefficient (Wildman–Crippen LogP) is 2.64. The van der Waals surface area contributed by atoms with E-state index in [-0.39, 0.29) is 48.0 Å². The van der Waals surface area contributed by atoms with Crippen molar-refractivity contribution in [2.45, 2.75) is 56.6 Å². The maximum atomic E-state index is 15.1. The van der Waals surface area contributed by atoms with Gasteiger partial charge in [-0.1, -0.05) is 12.1 Å². The number of aliphatic hydroxyl groups excluding tert-OH is 1. The zero-order chi connectivity index (χ0) is 29.1. The van der Waals surface area contributed by atoms with Crippen LogP contribution in [0.15, 0.2) is 41.5 Å². The number of hydrogen-bond donors (Lipinski definition) is 2.